The number of allylic oxidation sites excluding steroid dienone is 2. The molecule has 5 rings (SSSR count). The van der Waals surface area contributed by atoms with Crippen LogP contribution in [0.5, 0.6) is 0 Å². The molecule has 1 aliphatic heterocycles. The van der Waals surface area contributed by atoms with Crippen molar-refractivity contribution in [3.8, 4) is 0 Å². The molecule has 0 spiro atoms. The Kier molecular flexibility index (Phi) is 6.89. The summed E-state index contributed by atoms with van der Waals surface area (Å²) in [6, 6.07) is 20.4. The van der Waals surface area contributed by atoms with Crippen LogP contribution in [0.25, 0.3) is 10.6 Å². The molecule has 0 atom stereocenters. The van der Waals surface area contributed by atoms with Crippen molar-refractivity contribution in [1.82, 2.24) is 0 Å². The minimum Gasteiger partial charge on any atom is -0.140 e. The summed E-state index contributed by atoms with van der Waals surface area (Å²) in [5.74, 6) is 0. The maximum atomic E-state index is 4.58. The van der Waals surface area contributed by atoms with Crippen molar-refractivity contribution in [1.29, 1.82) is 0 Å². The molecule has 0 nitrogen and oxygen atoms in total. The van der Waals surface area contributed by atoms with Crippen LogP contribution in [0.1, 0.15) is 35.4 Å². The topological polar surface area (TPSA) is 0 Å². The molecule has 27 heavy (non-hydrogen) atoms. The molecular formula is C22H20AuClPS2+. The first kappa shape index (κ1) is 19.9. The Balaban J connectivity index is 0.000000872. The van der Waals surface area contributed by atoms with Gasteiger partial charge in [-0.15, -0.1) is 22.7 Å². The predicted molar refractivity (Wildman–Crippen MR) is 121 cm³/mol. The molecule has 0 amide bonds. The second kappa shape index (κ2) is 9.37. The summed E-state index contributed by atoms with van der Waals surface area (Å²) in [7, 11) is 3.67. The second-order valence-corrected chi connectivity index (χ2v) is 10.8. The predicted octanol–water partition coefficient (Wildman–Crippen LogP) is 7.75. The van der Waals surface area contributed by atoms with Crippen molar-refractivity contribution in [3.63, 3.8) is 0 Å². The van der Waals surface area contributed by atoms with Gasteiger partial charge in [0.2, 0.25) is 0 Å². The Morgan fingerprint density at radius 3 is 1.67 bits per heavy atom. The number of fused-ring (bicyclic) bond motifs is 1. The monoisotopic (exact) mass is 611 g/mol. The van der Waals surface area contributed by atoms with E-state index in [0.717, 1.165) is 0 Å². The number of hydrogen-bond donors (Lipinski definition) is 0. The molecule has 5 heteroatoms. The van der Waals surface area contributed by atoms with Crippen LogP contribution in [-0.4, -0.2) is 0 Å². The van der Waals surface area contributed by atoms with E-state index in [0.29, 0.717) is 0 Å². The summed E-state index contributed by atoms with van der Waals surface area (Å²) < 4.78 is 0. The fraction of sp³-hybridized carbons (Fsp3) is 0.182. The van der Waals surface area contributed by atoms with Gasteiger partial charge in [0, 0.05) is 11.1 Å². The Morgan fingerprint density at radius 2 is 1.22 bits per heavy atom. The summed E-state index contributed by atoms with van der Waals surface area (Å²) in [6.07, 6.45) is 5.21. The van der Waals surface area contributed by atoms with Crippen molar-refractivity contribution >= 4 is 55.7 Å². The third kappa shape index (κ3) is 3.87. The van der Waals surface area contributed by atoms with E-state index in [1.165, 1.54) is 40.7 Å². The fourth-order valence-electron chi connectivity index (χ4n) is 4.16. The first-order chi connectivity index (χ1) is 13.4. The van der Waals surface area contributed by atoms with Crippen molar-refractivity contribution in [2.24, 2.45) is 0 Å². The van der Waals surface area contributed by atoms with Gasteiger partial charge in [0.1, 0.15) is 23.9 Å². The zero-order valence-electron chi connectivity index (χ0n) is 14.7. The van der Waals surface area contributed by atoms with Gasteiger partial charge >= 0.3 is 29.2 Å². The van der Waals surface area contributed by atoms with Crippen LogP contribution in [0.4, 0.5) is 0 Å². The first-order valence-electron chi connectivity index (χ1n) is 9.02. The quantitative estimate of drug-likeness (QED) is 0.210. The first-order valence-corrected chi connectivity index (χ1v) is 15.0. The third-order valence-electron chi connectivity index (χ3n) is 5.17. The zero-order valence-corrected chi connectivity index (χ0v) is 20.2. The van der Waals surface area contributed by atoms with Crippen molar-refractivity contribution in [2.45, 2.75) is 25.7 Å². The summed E-state index contributed by atoms with van der Waals surface area (Å²) in [6.45, 7) is 0. The van der Waals surface area contributed by atoms with E-state index in [2.05, 4.69) is 74.5 Å². The second-order valence-electron chi connectivity index (χ2n) is 6.61. The largest absolute Gasteiger partial charge is 0.140 e. The molecule has 0 unspecified atom stereocenters. The Labute approximate surface area is 186 Å². The molecule has 2 aromatic heterocycles. The summed E-state index contributed by atoms with van der Waals surface area (Å²) in [5, 5.41) is 9.38. The SMILES string of the molecule is [Cl][Au].c1ccc([PH+]2C(c3cccs3)=C3CCCCC3=C2c2cccs2)cc1. The minimum absolute atomic E-state index is 0.912. The molecule has 3 heterocycles. The van der Waals surface area contributed by atoms with E-state index in [9.17, 15) is 0 Å². The van der Waals surface area contributed by atoms with Crippen LogP contribution < -0.4 is 5.30 Å². The molecule has 142 valence electrons. The molecule has 0 bridgehead atoms. The maximum absolute atomic E-state index is 4.58. The zero-order chi connectivity index (χ0) is 18.6. The molecule has 1 fully saturated rings. The van der Waals surface area contributed by atoms with Gasteiger partial charge in [0.15, 0.2) is 0 Å². The Morgan fingerprint density at radius 1 is 0.704 bits per heavy atom. The van der Waals surface area contributed by atoms with Crippen molar-refractivity contribution in [2.75, 3.05) is 0 Å². The van der Waals surface area contributed by atoms with Gasteiger partial charge in [-0.3, -0.25) is 0 Å². The van der Waals surface area contributed by atoms with E-state index in [4.69, 9.17) is 0 Å². The van der Waals surface area contributed by atoms with Crippen LogP contribution in [0.3, 0.4) is 0 Å². The van der Waals surface area contributed by atoms with Gasteiger partial charge in [-0.25, -0.2) is 0 Å². The molecule has 0 saturated heterocycles. The summed E-state index contributed by atoms with van der Waals surface area (Å²) in [4.78, 5) is 3.00. The number of benzene rings is 1. The summed E-state index contributed by atoms with van der Waals surface area (Å²) in [5.41, 5.74) is 3.38. The van der Waals surface area contributed by atoms with Crippen LogP contribution in [0.2, 0.25) is 0 Å². The molecule has 0 radical (unpaired) electrons. The fourth-order valence-corrected chi connectivity index (χ4v) is 9.70. The van der Waals surface area contributed by atoms with Crippen LogP contribution in [0.15, 0.2) is 76.5 Å². The van der Waals surface area contributed by atoms with Gasteiger partial charge in [-0.1, -0.05) is 30.3 Å². The molecule has 1 aliphatic carbocycles. The number of rotatable bonds is 3. The average molecular weight is 612 g/mol. The molecule has 0 N–H and O–H groups in total. The Bertz CT molecular complexity index is 883. The van der Waals surface area contributed by atoms with E-state index >= 15 is 0 Å². The van der Waals surface area contributed by atoms with E-state index in [1.54, 1.807) is 41.8 Å². The number of halogens is 1. The van der Waals surface area contributed by atoms with Crippen LogP contribution in [-0.2, 0) is 20.0 Å². The van der Waals surface area contributed by atoms with Gasteiger partial charge in [0.25, 0.3) is 0 Å². The maximum Gasteiger partial charge on any atom is 0.123 e. The molecule has 1 aromatic carbocycles. The van der Waals surface area contributed by atoms with Crippen molar-refractivity contribution < 1.29 is 20.0 Å². The average Bonchev–Trinajstić information content (AvgIpc) is 3.49. The van der Waals surface area contributed by atoms with E-state index < -0.39 is 7.92 Å². The molecule has 2 aliphatic rings. The van der Waals surface area contributed by atoms with E-state index in [-0.39, 0.29) is 0 Å². The molecular weight excluding hydrogens is 592 g/mol. The third-order valence-corrected chi connectivity index (χ3v) is 10.4. The smallest absolute Gasteiger partial charge is 0.123 e. The van der Waals surface area contributed by atoms with Gasteiger partial charge in [0.05, 0.1) is 9.75 Å². The van der Waals surface area contributed by atoms with E-state index in [1.807, 2.05) is 22.7 Å². The van der Waals surface area contributed by atoms with Crippen LogP contribution >= 0.6 is 39.8 Å². The normalized spacial score (nSPS) is 17.0. The molecule has 3 aromatic rings. The van der Waals surface area contributed by atoms with Gasteiger partial charge in [-0.05, 0) is 60.7 Å². The van der Waals surface area contributed by atoms with Crippen LogP contribution in [0, 0.1) is 0 Å². The number of hydrogen-bond acceptors (Lipinski definition) is 2. The van der Waals surface area contributed by atoms with Gasteiger partial charge < -0.3 is 0 Å². The standard InChI is InChI=1S/C22H19PS2.Au.ClH/c1-2-8-16(9-3-1)23-21(19-12-6-14-24-19)17-10-4-5-11-18(17)22(23)20-13-7-15-25-20;;/h1-3,6-9,12-15H,4-5,10-11H2;;1H/q;+1;. The Hall–Kier alpha value is -0.440. The minimum atomic E-state index is -0.912. The number of thiophene rings is 2. The summed E-state index contributed by atoms with van der Waals surface area (Å²) >= 11 is 5.59. The van der Waals surface area contributed by atoms with Crippen molar-refractivity contribution in [3.05, 3.63) is 86.3 Å². The van der Waals surface area contributed by atoms with Gasteiger partial charge in [-0.2, -0.15) is 0 Å². The molecule has 1 saturated carbocycles.